The summed E-state index contributed by atoms with van der Waals surface area (Å²) in [7, 11) is 2.52. The van der Waals surface area contributed by atoms with Gasteiger partial charge in [-0.05, 0) is 35.4 Å². The number of rotatable bonds is 3. The fraction of sp³-hybridized carbons (Fsp3) is 0.125. The molecule has 0 spiro atoms. The Morgan fingerprint density at radius 2 is 1.48 bits per heavy atom. The van der Waals surface area contributed by atoms with Crippen molar-refractivity contribution in [3.05, 3.63) is 53.6 Å². The molecule has 0 radical (unpaired) electrons. The average molecular weight is 285 g/mol. The Bertz CT molecular complexity index is 694. The van der Waals surface area contributed by atoms with E-state index in [0.717, 1.165) is 11.1 Å². The van der Waals surface area contributed by atoms with Crippen molar-refractivity contribution in [2.75, 3.05) is 20.0 Å². The first kappa shape index (κ1) is 14.6. The largest absolute Gasteiger partial charge is 0.465 e. The first-order valence-electron chi connectivity index (χ1n) is 6.23. The van der Waals surface area contributed by atoms with E-state index in [2.05, 4.69) is 4.74 Å². The van der Waals surface area contributed by atoms with Gasteiger partial charge in [0.05, 0.1) is 25.3 Å². The predicted octanol–water partition coefficient (Wildman–Crippen LogP) is 2.51. The van der Waals surface area contributed by atoms with Crippen molar-refractivity contribution in [1.29, 1.82) is 0 Å². The maximum absolute atomic E-state index is 11.9. The summed E-state index contributed by atoms with van der Waals surface area (Å²) in [4.78, 5) is 23.6. The van der Waals surface area contributed by atoms with E-state index < -0.39 is 11.9 Å². The molecule has 0 unspecified atom stereocenters. The number of esters is 2. The molecule has 5 heteroatoms. The van der Waals surface area contributed by atoms with Gasteiger partial charge in [0.2, 0.25) is 0 Å². The van der Waals surface area contributed by atoms with Gasteiger partial charge >= 0.3 is 11.9 Å². The molecule has 21 heavy (non-hydrogen) atoms. The Morgan fingerprint density at radius 1 is 0.857 bits per heavy atom. The van der Waals surface area contributed by atoms with Gasteiger partial charge in [0, 0.05) is 5.69 Å². The van der Waals surface area contributed by atoms with Crippen LogP contribution in [-0.4, -0.2) is 26.2 Å². The van der Waals surface area contributed by atoms with Crippen LogP contribution in [0.1, 0.15) is 20.7 Å². The zero-order valence-electron chi connectivity index (χ0n) is 11.8. The first-order valence-corrected chi connectivity index (χ1v) is 6.23. The summed E-state index contributed by atoms with van der Waals surface area (Å²) in [5.41, 5.74) is 8.29. The normalized spacial score (nSPS) is 10.0. The summed E-state index contributed by atoms with van der Waals surface area (Å²) in [6.45, 7) is 0. The van der Waals surface area contributed by atoms with Crippen LogP contribution in [0.25, 0.3) is 11.1 Å². The number of carbonyl (C=O) groups excluding carboxylic acids is 2. The van der Waals surface area contributed by atoms with E-state index in [1.165, 1.54) is 20.3 Å². The van der Waals surface area contributed by atoms with Crippen molar-refractivity contribution < 1.29 is 19.1 Å². The Balaban J connectivity index is 2.56. The van der Waals surface area contributed by atoms with Crippen LogP contribution in [0.5, 0.6) is 0 Å². The lowest BCUT2D eigenvalue weighted by Gasteiger charge is -2.09. The van der Waals surface area contributed by atoms with Gasteiger partial charge in [0.1, 0.15) is 0 Å². The van der Waals surface area contributed by atoms with Crippen molar-refractivity contribution in [2.45, 2.75) is 0 Å². The zero-order chi connectivity index (χ0) is 15.4. The zero-order valence-corrected chi connectivity index (χ0v) is 11.8. The van der Waals surface area contributed by atoms with Crippen LogP contribution in [0.3, 0.4) is 0 Å². The molecule has 2 rings (SSSR count). The number of anilines is 1. The second kappa shape index (κ2) is 6.09. The summed E-state index contributed by atoms with van der Waals surface area (Å²) in [5.74, 6) is -1.18. The summed E-state index contributed by atoms with van der Waals surface area (Å²) in [6, 6.07) is 12.1. The lowest BCUT2D eigenvalue weighted by Crippen LogP contribution is -2.11. The fourth-order valence-electron chi connectivity index (χ4n) is 2.01. The van der Waals surface area contributed by atoms with Crippen LogP contribution in [0, 0.1) is 0 Å². The Kier molecular flexibility index (Phi) is 4.23. The molecular formula is C16H15NO4. The summed E-state index contributed by atoms with van der Waals surface area (Å²) >= 11 is 0. The van der Waals surface area contributed by atoms with Crippen molar-refractivity contribution in [3.8, 4) is 11.1 Å². The topological polar surface area (TPSA) is 78.6 Å². The highest BCUT2D eigenvalue weighted by Crippen LogP contribution is 2.25. The molecular weight excluding hydrogens is 270 g/mol. The van der Waals surface area contributed by atoms with E-state index in [1.54, 1.807) is 24.3 Å². The van der Waals surface area contributed by atoms with Gasteiger partial charge in [-0.3, -0.25) is 0 Å². The van der Waals surface area contributed by atoms with Gasteiger partial charge < -0.3 is 15.2 Å². The Morgan fingerprint density at radius 3 is 2.10 bits per heavy atom. The lowest BCUT2D eigenvalue weighted by atomic mass is 9.98. The van der Waals surface area contributed by atoms with Crippen LogP contribution in [0.4, 0.5) is 5.69 Å². The molecule has 0 aliphatic carbocycles. The van der Waals surface area contributed by atoms with Crippen molar-refractivity contribution in [1.82, 2.24) is 0 Å². The van der Waals surface area contributed by atoms with Crippen LogP contribution in [-0.2, 0) is 9.47 Å². The fourth-order valence-corrected chi connectivity index (χ4v) is 2.01. The predicted molar refractivity (Wildman–Crippen MR) is 79.0 cm³/mol. The third kappa shape index (κ3) is 3.02. The van der Waals surface area contributed by atoms with E-state index in [9.17, 15) is 9.59 Å². The second-order valence-corrected chi connectivity index (χ2v) is 4.37. The van der Waals surface area contributed by atoms with Gasteiger partial charge in [-0.15, -0.1) is 0 Å². The maximum atomic E-state index is 11.9. The van der Waals surface area contributed by atoms with Gasteiger partial charge in [-0.2, -0.15) is 0 Å². The molecule has 5 nitrogen and oxygen atoms in total. The van der Waals surface area contributed by atoms with E-state index >= 15 is 0 Å². The van der Waals surface area contributed by atoms with Crippen LogP contribution < -0.4 is 5.73 Å². The number of nitrogen functional groups attached to an aromatic ring is 1. The number of hydrogen-bond acceptors (Lipinski definition) is 5. The van der Waals surface area contributed by atoms with Crippen molar-refractivity contribution in [2.24, 2.45) is 0 Å². The van der Waals surface area contributed by atoms with Gasteiger partial charge in [-0.1, -0.05) is 18.2 Å². The van der Waals surface area contributed by atoms with E-state index in [-0.39, 0.29) is 11.1 Å². The summed E-state index contributed by atoms with van der Waals surface area (Å²) < 4.78 is 9.38. The number of ether oxygens (including phenoxy) is 2. The summed E-state index contributed by atoms with van der Waals surface area (Å²) in [6.07, 6.45) is 0. The second-order valence-electron chi connectivity index (χ2n) is 4.37. The monoisotopic (exact) mass is 285 g/mol. The highest BCUT2D eigenvalue weighted by molar-refractivity contribution is 6.04. The van der Waals surface area contributed by atoms with E-state index in [4.69, 9.17) is 10.5 Å². The molecule has 0 aliphatic rings. The first-order chi connectivity index (χ1) is 10.1. The smallest absolute Gasteiger partial charge is 0.338 e. The quantitative estimate of drug-likeness (QED) is 0.692. The summed E-state index contributed by atoms with van der Waals surface area (Å²) in [5, 5.41) is 0. The molecule has 0 saturated heterocycles. The van der Waals surface area contributed by atoms with E-state index in [0.29, 0.717) is 5.69 Å². The Labute approximate surface area is 122 Å². The molecule has 0 atom stereocenters. The maximum Gasteiger partial charge on any atom is 0.338 e. The number of benzene rings is 2. The minimum atomic E-state index is -0.596. The molecule has 0 aromatic heterocycles. The van der Waals surface area contributed by atoms with Crippen molar-refractivity contribution >= 4 is 17.6 Å². The number of nitrogens with two attached hydrogens (primary N) is 1. The molecule has 0 saturated carbocycles. The average Bonchev–Trinajstić information content (AvgIpc) is 2.52. The number of hydrogen-bond donors (Lipinski definition) is 1. The lowest BCUT2D eigenvalue weighted by molar-refractivity contribution is 0.0555. The molecule has 2 aromatic rings. The number of methoxy groups -OCH3 is 2. The van der Waals surface area contributed by atoms with Gasteiger partial charge in [0.15, 0.2) is 0 Å². The third-order valence-corrected chi connectivity index (χ3v) is 3.05. The molecule has 108 valence electrons. The third-order valence-electron chi connectivity index (χ3n) is 3.05. The Hall–Kier alpha value is -2.82. The SMILES string of the molecule is COC(=O)c1ccc(-c2cccc(N)c2)cc1C(=O)OC. The molecule has 0 amide bonds. The van der Waals surface area contributed by atoms with Crippen LogP contribution in [0.2, 0.25) is 0 Å². The molecule has 0 bridgehead atoms. The molecule has 0 heterocycles. The van der Waals surface area contributed by atoms with Crippen molar-refractivity contribution in [3.63, 3.8) is 0 Å². The van der Waals surface area contributed by atoms with Crippen LogP contribution in [0.15, 0.2) is 42.5 Å². The minimum Gasteiger partial charge on any atom is -0.465 e. The molecule has 2 aromatic carbocycles. The minimum absolute atomic E-state index is 0.157. The number of carbonyl (C=O) groups is 2. The van der Waals surface area contributed by atoms with E-state index in [1.807, 2.05) is 12.1 Å². The highest BCUT2D eigenvalue weighted by Gasteiger charge is 2.19. The molecule has 2 N–H and O–H groups in total. The van der Waals surface area contributed by atoms with Crippen LogP contribution >= 0.6 is 0 Å². The van der Waals surface area contributed by atoms with Gasteiger partial charge in [-0.25, -0.2) is 9.59 Å². The highest BCUT2D eigenvalue weighted by atomic mass is 16.5. The molecule has 0 aliphatic heterocycles. The standard InChI is InChI=1S/C16H15NO4/c1-20-15(18)13-7-6-11(9-14(13)16(19)21-2)10-4-3-5-12(17)8-10/h3-9H,17H2,1-2H3. The molecule has 0 fully saturated rings. The van der Waals surface area contributed by atoms with Gasteiger partial charge in [0.25, 0.3) is 0 Å².